The topological polar surface area (TPSA) is 93.1 Å². The third kappa shape index (κ3) is 7.27. The Balaban J connectivity index is 0.000000872. The summed E-state index contributed by atoms with van der Waals surface area (Å²) in [6.45, 7) is 12.2. The molecular formula is C27H49NO6. The highest BCUT2D eigenvalue weighted by atomic mass is 16.5. The molecule has 3 aliphatic carbocycles. The highest BCUT2D eigenvalue weighted by Crippen LogP contribution is 2.61. The summed E-state index contributed by atoms with van der Waals surface area (Å²) in [5.41, 5.74) is 0.142. The number of methoxy groups -OCH3 is 1. The van der Waals surface area contributed by atoms with Gasteiger partial charge in [-0.25, -0.2) is 0 Å². The summed E-state index contributed by atoms with van der Waals surface area (Å²) in [5, 5.41) is 10.3. The van der Waals surface area contributed by atoms with E-state index < -0.39 is 0 Å². The normalized spacial score (nSPS) is 36.5. The van der Waals surface area contributed by atoms with Crippen molar-refractivity contribution in [1.29, 1.82) is 0 Å². The van der Waals surface area contributed by atoms with Crippen LogP contribution in [0.25, 0.3) is 0 Å². The first-order valence-electron chi connectivity index (χ1n) is 13.0. The number of ether oxygens (including phenoxy) is 2. The predicted octanol–water partition coefficient (Wildman–Crippen LogP) is 3.96. The number of hydrogen-bond acceptors (Lipinski definition) is 7. The molecule has 7 unspecified atom stereocenters. The van der Waals surface area contributed by atoms with Crippen LogP contribution in [-0.2, 0) is 23.9 Å². The number of ketones is 1. The fourth-order valence-corrected chi connectivity index (χ4v) is 6.66. The minimum atomic E-state index is -0.270. The van der Waals surface area contributed by atoms with Gasteiger partial charge in [0.25, 0.3) is 6.47 Å². The Kier molecular flexibility index (Phi) is 12.7. The lowest BCUT2D eigenvalue weighted by atomic mass is 9.45. The fraction of sp³-hybridized carbons (Fsp3) is 0.889. The highest BCUT2D eigenvalue weighted by Gasteiger charge is 2.58. The van der Waals surface area contributed by atoms with Crippen LogP contribution in [0.4, 0.5) is 0 Å². The van der Waals surface area contributed by atoms with Crippen LogP contribution in [0.5, 0.6) is 0 Å². The Bertz CT molecular complexity index is 653. The van der Waals surface area contributed by atoms with E-state index in [2.05, 4.69) is 25.5 Å². The van der Waals surface area contributed by atoms with Crippen LogP contribution >= 0.6 is 0 Å². The molecule has 0 aromatic rings. The van der Waals surface area contributed by atoms with Crippen LogP contribution in [0.3, 0.4) is 0 Å². The summed E-state index contributed by atoms with van der Waals surface area (Å²) in [6, 6.07) is 0. The van der Waals surface area contributed by atoms with Crippen LogP contribution in [0.15, 0.2) is 0 Å². The van der Waals surface area contributed by atoms with Gasteiger partial charge in [-0.1, -0.05) is 34.6 Å². The average molecular weight is 484 g/mol. The molecule has 0 aromatic heterocycles. The number of nitrogens with zero attached hydrogens (tertiary/aromatic N) is 1. The molecule has 34 heavy (non-hydrogen) atoms. The van der Waals surface area contributed by atoms with E-state index in [1.54, 1.807) is 0 Å². The molecule has 0 radical (unpaired) electrons. The number of rotatable bonds is 6. The van der Waals surface area contributed by atoms with E-state index in [1.807, 2.05) is 32.8 Å². The van der Waals surface area contributed by atoms with Crippen LogP contribution in [0.1, 0.15) is 73.1 Å². The van der Waals surface area contributed by atoms with Crippen molar-refractivity contribution in [3.8, 4) is 0 Å². The Morgan fingerprint density at radius 1 is 1.15 bits per heavy atom. The van der Waals surface area contributed by atoms with Gasteiger partial charge in [0, 0.05) is 25.3 Å². The summed E-state index contributed by atoms with van der Waals surface area (Å²) in [4.78, 5) is 36.4. The maximum absolute atomic E-state index is 13.2. The number of esters is 1. The second-order valence-corrected chi connectivity index (χ2v) is 10.6. The number of carbonyl (C=O) groups is 3. The molecule has 3 saturated carbocycles. The van der Waals surface area contributed by atoms with Crippen molar-refractivity contribution < 1.29 is 29.0 Å². The van der Waals surface area contributed by atoms with Crippen molar-refractivity contribution in [3.05, 3.63) is 0 Å². The van der Waals surface area contributed by atoms with Gasteiger partial charge < -0.3 is 19.5 Å². The molecule has 7 nitrogen and oxygen atoms in total. The molecular weight excluding hydrogens is 434 g/mol. The van der Waals surface area contributed by atoms with Crippen molar-refractivity contribution in [2.45, 2.75) is 79.2 Å². The second-order valence-electron chi connectivity index (χ2n) is 10.6. The molecule has 7 heteroatoms. The average Bonchev–Trinajstić information content (AvgIpc) is 2.81. The molecule has 0 bridgehead atoms. The minimum Gasteiger partial charge on any atom is -0.471 e. The van der Waals surface area contributed by atoms with Gasteiger partial charge in [0.2, 0.25) is 0 Å². The first-order chi connectivity index (χ1) is 16.1. The molecule has 0 spiro atoms. The number of aliphatic hydroxyl groups is 1. The van der Waals surface area contributed by atoms with Crippen LogP contribution in [-0.4, -0.2) is 68.7 Å². The molecule has 0 saturated heterocycles. The summed E-state index contributed by atoms with van der Waals surface area (Å²) < 4.78 is 9.27. The molecule has 198 valence electrons. The third-order valence-electron chi connectivity index (χ3n) is 8.63. The Hall–Kier alpha value is -1.47. The summed E-state index contributed by atoms with van der Waals surface area (Å²) >= 11 is 0. The van der Waals surface area contributed by atoms with E-state index in [0.29, 0.717) is 43.5 Å². The van der Waals surface area contributed by atoms with Crippen LogP contribution in [0.2, 0.25) is 0 Å². The maximum Gasteiger partial charge on any atom is 0.306 e. The Morgan fingerprint density at radius 3 is 2.32 bits per heavy atom. The lowest BCUT2D eigenvalue weighted by Gasteiger charge is -2.59. The first-order valence-corrected chi connectivity index (χ1v) is 13.0. The monoisotopic (exact) mass is 483 g/mol. The number of Topliss-reactive ketones (excluding diaryl/α,β-unsaturated/α-hetero) is 1. The van der Waals surface area contributed by atoms with Gasteiger partial charge in [-0.3, -0.25) is 14.4 Å². The number of likely N-dealkylation sites (N-methyl/N-ethyl adjacent to an activating group) is 1. The van der Waals surface area contributed by atoms with E-state index in [-0.39, 0.29) is 41.2 Å². The van der Waals surface area contributed by atoms with Gasteiger partial charge in [-0.2, -0.15) is 0 Å². The SMILES string of the molecule is CC.CC1C(O)CCC2(C)C1CC(=O)[C@H]1C(C)C(CC(=O)OCCN(C)C)CCC12.COC=O. The smallest absolute Gasteiger partial charge is 0.306 e. The summed E-state index contributed by atoms with van der Waals surface area (Å²) in [7, 11) is 5.24. The molecule has 0 aromatic carbocycles. The predicted molar refractivity (Wildman–Crippen MR) is 133 cm³/mol. The van der Waals surface area contributed by atoms with Gasteiger partial charge in [0.15, 0.2) is 0 Å². The Morgan fingerprint density at radius 2 is 1.76 bits per heavy atom. The fourth-order valence-electron chi connectivity index (χ4n) is 6.66. The zero-order chi connectivity index (χ0) is 26.1. The number of aliphatic hydroxyl groups excluding tert-OH is 1. The van der Waals surface area contributed by atoms with Crippen molar-refractivity contribution in [2.24, 2.45) is 40.9 Å². The van der Waals surface area contributed by atoms with Gasteiger partial charge in [-0.15, -0.1) is 0 Å². The van der Waals surface area contributed by atoms with Crippen LogP contribution in [0, 0.1) is 40.9 Å². The second kappa shape index (κ2) is 14.2. The highest BCUT2D eigenvalue weighted by molar-refractivity contribution is 5.83. The largest absolute Gasteiger partial charge is 0.471 e. The summed E-state index contributed by atoms with van der Waals surface area (Å²) in [5.74, 6) is 1.66. The van der Waals surface area contributed by atoms with Crippen LogP contribution < -0.4 is 0 Å². The lowest BCUT2D eigenvalue weighted by Crippen LogP contribution is -2.57. The zero-order valence-electron chi connectivity index (χ0n) is 22.7. The van der Waals surface area contributed by atoms with Gasteiger partial charge >= 0.3 is 5.97 Å². The van der Waals surface area contributed by atoms with E-state index in [0.717, 1.165) is 32.2 Å². The molecule has 1 N–H and O–H groups in total. The first kappa shape index (κ1) is 30.6. The third-order valence-corrected chi connectivity index (χ3v) is 8.63. The molecule has 0 aliphatic heterocycles. The van der Waals surface area contributed by atoms with Crippen molar-refractivity contribution in [1.82, 2.24) is 4.90 Å². The minimum absolute atomic E-state index is 0.0667. The standard InChI is InChI=1S/C23H39NO4.C2H4O2.C2H6/c1-14-16(12-21(27)28-11-10-24(4)5)6-7-17-22(14)20(26)13-18-15(2)19(25)8-9-23(17,18)3;1-4-2-3;1-2/h14-19,22,25H,6-13H2,1-5H3;2H,1H3;1-2H3/t14?,15?,16?,17?,18?,19?,22-,23?;;/m0../s1. The van der Waals surface area contributed by atoms with Gasteiger partial charge in [0.05, 0.1) is 13.2 Å². The number of carbonyl (C=O) groups excluding carboxylic acids is 3. The van der Waals surface area contributed by atoms with Crippen molar-refractivity contribution in [2.75, 3.05) is 34.4 Å². The van der Waals surface area contributed by atoms with E-state index in [1.165, 1.54) is 7.11 Å². The zero-order valence-corrected chi connectivity index (χ0v) is 22.7. The Labute approximate surface area is 206 Å². The molecule has 0 amide bonds. The molecule has 0 heterocycles. The maximum atomic E-state index is 13.2. The van der Waals surface area contributed by atoms with E-state index in [4.69, 9.17) is 9.53 Å². The molecule has 8 atom stereocenters. The van der Waals surface area contributed by atoms with Crippen molar-refractivity contribution >= 4 is 18.2 Å². The molecule has 3 fully saturated rings. The van der Waals surface area contributed by atoms with Gasteiger partial charge in [-0.05, 0) is 74.8 Å². The molecule has 3 aliphatic rings. The molecule has 3 rings (SSSR count). The lowest BCUT2D eigenvalue weighted by molar-refractivity contribution is -0.164. The van der Waals surface area contributed by atoms with E-state index in [9.17, 15) is 14.7 Å². The van der Waals surface area contributed by atoms with Crippen molar-refractivity contribution in [3.63, 3.8) is 0 Å². The number of fused-ring (bicyclic) bond motifs is 3. The van der Waals surface area contributed by atoms with Gasteiger partial charge in [0.1, 0.15) is 12.4 Å². The summed E-state index contributed by atoms with van der Waals surface area (Å²) in [6.07, 6.45) is 4.64. The van der Waals surface area contributed by atoms with E-state index >= 15 is 0 Å². The number of hydrogen-bond donors (Lipinski definition) is 1. The quantitative estimate of drug-likeness (QED) is 0.451.